The number of hydrogen-bond acceptors (Lipinski definition) is 11. The quantitative estimate of drug-likeness (QED) is 0.0554. The molecule has 262 valence electrons. The molecule has 0 saturated carbocycles. The van der Waals surface area contributed by atoms with Gasteiger partial charge < -0.3 is 58.5 Å². The molecule has 0 spiro atoms. The Morgan fingerprint density at radius 2 is 1.17 bits per heavy atom. The molecule has 6 amide bonds. The van der Waals surface area contributed by atoms with Crippen LogP contribution in [-0.2, 0) is 38.4 Å². The minimum Gasteiger partial charge on any atom is -0.481 e. The second-order valence-corrected chi connectivity index (χ2v) is 11.2. The molecule has 0 saturated heterocycles. The number of nitrogens with one attached hydrogen (secondary N) is 5. The number of aliphatic hydroxyl groups is 2. The summed E-state index contributed by atoms with van der Waals surface area (Å²) in [6.07, 6.45) is -2.72. The third-order valence-corrected chi connectivity index (χ3v) is 6.94. The molecule has 0 aliphatic heterocycles. The van der Waals surface area contributed by atoms with Gasteiger partial charge in [-0.25, -0.2) is 4.79 Å². The highest BCUT2D eigenvalue weighted by molar-refractivity contribution is 5.97. The number of aliphatic carboxylic acids is 2. The van der Waals surface area contributed by atoms with Crippen molar-refractivity contribution in [2.75, 3.05) is 6.61 Å². The number of carboxylic acids is 2. The molecule has 0 radical (unpaired) electrons. The molecule has 0 aromatic heterocycles. The van der Waals surface area contributed by atoms with Crippen molar-refractivity contribution in [1.29, 1.82) is 0 Å². The average molecular weight is 662 g/mol. The van der Waals surface area contributed by atoms with Crippen molar-refractivity contribution < 1.29 is 58.8 Å². The second-order valence-electron chi connectivity index (χ2n) is 11.2. The van der Waals surface area contributed by atoms with Gasteiger partial charge in [0.05, 0.1) is 25.2 Å². The lowest BCUT2D eigenvalue weighted by Crippen LogP contribution is -2.63. The first-order valence-corrected chi connectivity index (χ1v) is 14.6. The van der Waals surface area contributed by atoms with E-state index in [4.69, 9.17) is 21.7 Å². The van der Waals surface area contributed by atoms with Crippen LogP contribution in [0.2, 0.25) is 0 Å². The molecule has 0 fully saturated rings. The van der Waals surface area contributed by atoms with Crippen LogP contribution >= 0.6 is 0 Å². The molecule has 19 heteroatoms. The van der Waals surface area contributed by atoms with E-state index < -0.39 is 121 Å². The monoisotopic (exact) mass is 661 g/mol. The number of primary amides is 1. The summed E-state index contributed by atoms with van der Waals surface area (Å²) in [7, 11) is 0. The summed E-state index contributed by atoms with van der Waals surface area (Å²) in [4.78, 5) is 98.5. The van der Waals surface area contributed by atoms with Crippen LogP contribution in [0.3, 0.4) is 0 Å². The summed E-state index contributed by atoms with van der Waals surface area (Å²) < 4.78 is 0. The largest absolute Gasteiger partial charge is 0.481 e. The number of aliphatic hydroxyl groups excluding tert-OH is 2. The van der Waals surface area contributed by atoms with Crippen LogP contribution in [0.4, 0.5) is 0 Å². The number of carbonyl (C=O) groups excluding carboxylic acids is 6. The van der Waals surface area contributed by atoms with E-state index in [0.717, 1.165) is 6.92 Å². The minimum atomic E-state index is -1.73. The Balaban J connectivity index is 5.97. The molecule has 19 nitrogen and oxygen atoms in total. The third-order valence-electron chi connectivity index (χ3n) is 6.94. The number of rotatable bonds is 21. The molecular weight excluding hydrogens is 614 g/mol. The fourth-order valence-corrected chi connectivity index (χ4v) is 3.93. The Morgan fingerprint density at radius 3 is 1.61 bits per heavy atom. The van der Waals surface area contributed by atoms with Gasteiger partial charge in [-0.2, -0.15) is 0 Å². The van der Waals surface area contributed by atoms with Crippen molar-refractivity contribution >= 4 is 47.4 Å². The molecule has 0 bridgehead atoms. The van der Waals surface area contributed by atoms with E-state index in [-0.39, 0.29) is 6.42 Å². The van der Waals surface area contributed by atoms with Gasteiger partial charge in [0.2, 0.25) is 35.4 Å². The highest BCUT2D eigenvalue weighted by atomic mass is 16.4. The van der Waals surface area contributed by atoms with Crippen molar-refractivity contribution in [1.82, 2.24) is 26.6 Å². The second kappa shape index (κ2) is 19.9. The van der Waals surface area contributed by atoms with Gasteiger partial charge in [0.15, 0.2) is 0 Å². The van der Waals surface area contributed by atoms with Gasteiger partial charge in [-0.15, -0.1) is 0 Å². The van der Waals surface area contributed by atoms with E-state index in [9.17, 15) is 48.6 Å². The highest BCUT2D eigenvalue weighted by Gasteiger charge is 2.36. The Hall–Kier alpha value is -4.36. The van der Waals surface area contributed by atoms with Crippen molar-refractivity contribution in [3.8, 4) is 0 Å². The van der Waals surface area contributed by atoms with Crippen LogP contribution in [0, 0.1) is 11.8 Å². The first-order valence-electron chi connectivity index (χ1n) is 14.6. The van der Waals surface area contributed by atoms with Crippen LogP contribution in [0.1, 0.15) is 60.3 Å². The van der Waals surface area contributed by atoms with Gasteiger partial charge in [0.1, 0.15) is 30.2 Å². The number of carbonyl (C=O) groups is 8. The fourth-order valence-electron chi connectivity index (χ4n) is 3.93. The number of carboxylic acid groups (broad SMARTS) is 2. The molecule has 13 N–H and O–H groups in total. The maximum Gasteiger partial charge on any atom is 0.328 e. The smallest absolute Gasteiger partial charge is 0.328 e. The SMILES string of the molecule is CC[C@H](C)[C@H](NC(=O)[C@@H](NC(=O)[C@H](CC(N)=O)NC(=O)[C@@H](N)CCC(=O)O)[C@@H](C)O)C(=O)N[C@H](C(=O)N[C@@H](CO)C(=O)O)C(C)C. The summed E-state index contributed by atoms with van der Waals surface area (Å²) in [6.45, 7) is 6.67. The van der Waals surface area contributed by atoms with Crippen molar-refractivity contribution in [3.63, 3.8) is 0 Å². The van der Waals surface area contributed by atoms with Crippen LogP contribution in [-0.4, -0.2) is 117 Å². The van der Waals surface area contributed by atoms with Crippen LogP contribution < -0.4 is 38.1 Å². The molecule has 0 unspecified atom stereocenters. The van der Waals surface area contributed by atoms with E-state index in [0.29, 0.717) is 6.42 Å². The van der Waals surface area contributed by atoms with Crippen LogP contribution in [0.5, 0.6) is 0 Å². The minimum absolute atomic E-state index is 0.287. The van der Waals surface area contributed by atoms with Gasteiger partial charge >= 0.3 is 11.9 Å². The maximum absolute atomic E-state index is 13.3. The molecule has 0 rings (SSSR count). The van der Waals surface area contributed by atoms with Crippen molar-refractivity contribution in [3.05, 3.63) is 0 Å². The van der Waals surface area contributed by atoms with Gasteiger partial charge in [-0.05, 0) is 25.2 Å². The summed E-state index contributed by atoms with van der Waals surface area (Å²) in [5.74, 6) is -9.79. The van der Waals surface area contributed by atoms with E-state index in [1.165, 1.54) is 0 Å². The zero-order valence-corrected chi connectivity index (χ0v) is 26.4. The molecule has 46 heavy (non-hydrogen) atoms. The van der Waals surface area contributed by atoms with Gasteiger partial charge in [0, 0.05) is 6.42 Å². The zero-order valence-electron chi connectivity index (χ0n) is 26.4. The molecule has 8 atom stereocenters. The summed E-state index contributed by atoms with van der Waals surface area (Å²) in [5.41, 5.74) is 10.8. The van der Waals surface area contributed by atoms with Gasteiger partial charge in [0.25, 0.3) is 0 Å². The van der Waals surface area contributed by atoms with E-state index >= 15 is 0 Å². The predicted molar refractivity (Wildman–Crippen MR) is 159 cm³/mol. The molecule has 0 aromatic carbocycles. The Bertz CT molecular complexity index is 1120. The van der Waals surface area contributed by atoms with Crippen LogP contribution in [0.25, 0.3) is 0 Å². The Labute approximate surface area is 265 Å². The predicted octanol–water partition coefficient (Wildman–Crippen LogP) is -4.36. The van der Waals surface area contributed by atoms with E-state index in [2.05, 4.69) is 26.6 Å². The number of hydrogen-bond donors (Lipinski definition) is 11. The first kappa shape index (κ1) is 41.6. The van der Waals surface area contributed by atoms with E-state index in [1.807, 2.05) is 0 Å². The highest BCUT2D eigenvalue weighted by Crippen LogP contribution is 2.12. The lowest BCUT2D eigenvalue weighted by molar-refractivity contribution is -0.144. The average Bonchev–Trinajstić information content (AvgIpc) is 2.96. The van der Waals surface area contributed by atoms with E-state index in [1.54, 1.807) is 27.7 Å². The van der Waals surface area contributed by atoms with Crippen LogP contribution in [0.15, 0.2) is 0 Å². The number of nitrogens with two attached hydrogens (primary N) is 2. The lowest BCUT2D eigenvalue weighted by atomic mass is 9.95. The molecule has 0 aromatic rings. The Morgan fingerprint density at radius 1 is 0.696 bits per heavy atom. The first-order chi connectivity index (χ1) is 21.3. The summed E-state index contributed by atoms with van der Waals surface area (Å²) >= 11 is 0. The molecule has 0 aliphatic rings. The third kappa shape index (κ3) is 14.2. The normalized spacial score (nSPS) is 16.3. The Kier molecular flexibility index (Phi) is 18.0. The molecular formula is C27H47N7O12. The number of amides is 6. The zero-order chi connectivity index (χ0) is 35.9. The molecule has 0 heterocycles. The summed E-state index contributed by atoms with van der Waals surface area (Å²) in [6, 6.07) is -9.00. The van der Waals surface area contributed by atoms with Crippen molar-refractivity contribution in [2.45, 2.75) is 103 Å². The topological polar surface area (TPSA) is 330 Å². The maximum atomic E-state index is 13.3. The lowest BCUT2D eigenvalue weighted by Gasteiger charge is -2.30. The standard InChI is InChI=1S/C27H47N7O12/c1-6-12(4)20(25(43)32-19(11(2)3)24(42)31-16(10-35)27(45)46)33-26(44)21(13(5)36)34-23(41)15(9-17(29)37)30-22(40)14(28)7-8-18(38)39/h11-16,19-21,35-36H,6-10,28H2,1-5H3,(H2,29,37)(H,30,40)(H,31,42)(H,32,43)(H,33,44)(H,34,41)(H,38,39)(H,45,46)/t12-,13+,14-,15-,16-,19-,20-,21-/m0/s1. The fraction of sp³-hybridized carbons (Fsp3) is 0.704. The van der Waals surface area contributed by atoms with Gasteiger partial charge in [-0.1, -0.05) is 34.1 Å². The van der Waals surface area contributed by atoms with Crippen molar-refractivity contribution in [2.24, 2.45) is 23.3 Å². The molecule has 0 aliphatic carbocycles. The summed E-state index contributed by atoms with van der Waals surface area (Å²) in [5, 5.41) is 48.9. The van der Waals surface area contributed by atoms with Gasteiger partial charge in [-0.3, -0.25) is 33.6 Å².